The second-order valence-corrected chi connectivity index (χ2v) is 7.36. The average molecular weight is 387 g/mol. The molecule has 0 aliphatic carbocycles. The molecule has 0 aromatic rings. The fraction of sp³-hybridized carbons (Fsp3) is 0.913. The first-order valence-corrected chi connectivity index (χ1v) is 11.2. The van der Waals surface area contributed by atoms with Gasteiger partial charge in [0.15, 0.2) is 0 Å². The van der Waals surface area contributed by atoms with Crippen LogP contribution in [-0.2, 0) is 18.9 Å². The van der Waals surface area contributed by atoms with Crippen molar-refractivity contribution >= 4 is 0 Å². The molecule has 0 heterocycles. The summed E-state index contributed by atoms with van der Waals surface area (Å²) in [6.07, 6.45) is 12.6. The predicted molar refractivity (Wildman–Crippen MR) is 114 cm³/mol. The molecular formula is C23H46O4. The largest absolute Gasteiger partial charge is 0.501 e. The van der Waals surface area contributed by atoms with Crippen molar-refractivity contribution in [2.45, 2.75) is 105 Å². The first kappa shape index (κ1) is 26.4. The van der Waals surface area contributed by atoms with E-state index in [9.17, 15) is 0 Å². The maximum absolute atomic E-state index is 6.07. The van der Waals surface area contributed by atoms with Crippen molar-refractivity contribution in [3.63, 3.8) is 0 Å². The van der Waals surface area contributed by atoms with Crippen molar-refractivity contribution in [1.82, 2.24) is 0 Å². The summed E-state index contributed by atoms with van der Waals surface area (Å²) in [5.74, 6) is -0.697. The van der Waals surface area contributed by atoms with Crippen LogP contribution in [0.3, 0.4) is 0 Å². The zero-order valence-electron chi connectivity index (χ0n) is 19.0. The van der Waals surface area contributed by atoms with Crippen LogP contribution in [0.15, 0.2) is 11.8 Å². The number of hydrogen-bond donors (Lipinski definition) is 0. The van der Waals surface area contributed by atoms with E-state index in [1.165, 1.54) is 44.1 Å². The van der Waals surface area contributed by atoms with E-state index in [4.69, 9.17) is 18.9 Å². The lowest BCUT2D eigenvalue weighted by Gasteiger charge is -2.39. The number of allylic oxidation sites excluding steroid dienone is 1. The van der Waals surface area contributed by atoms with Crippen LogP contribution in [0, 0.1) is 5.92 Å². The van der Waals surface area contributed by atoms with Crippen LogP contribution in [0.5, 0.6) is 0 Å². The molecule has 1 atom stereocenters. The van der Waals surface area contributed by atoms with E-state index < -0.39 is 5.97 Å². The summed E-state index contributed by atoms with van der Waals surface area (Å²) >= 11 is 0. The van der Waals surface area contributed by atoms with Gasteiger partial charge in [0.25, 0.3) is 5.97 Å². The monoisotopic (exact) mass is 386 g/mol. The van der Waals surface area contributed by atoms with Crippen molar-refractivity contribution in [3.05, 3.63) is 11.8 Å². The second kappa shape index (κ2) is 17.5. The van der Waals surface area contributed by atoms with Gasteiger partial charge in [0, 0.05) is 25.7 Å². The van der Waals surface area contributed by atoms with E-state index in [-0.39, 0.29) is 5.92 Å². The molecule has 27 heavy (non-hydrogen) atoms. The van der Waals surface area contributed by atoms with Crippen molar-refractivity contribution < 1.29 is 18.9 Å². The molecule has 4 nitrogen and oxygen atoms in total. The van der Waals surface area contributed by atoms with Gasteiger partial charge in [0.05, 0.1) is 12.9 Å². The lowest BCUT2D eigenvalue weighted by atomic mass is 9.93. The van der Waals surface area contributed by atoms with Crippen LogP contribution in [-0.4, -0.2) is 32.4 Å². The summed E-state index contributed by atoms with van der Waals surface area (Å²) in [6.45, 7) is 14.8. The molecule has 162 valence electrons. The Morgan fingerprint density at radius 3 is 1.78 bits per heavy atom. The minimum Gasteiger partial charge on any atom is -0.501 e. The summed E-state index contributed by atoms with van der Waals surface area (Å²) in [6, 6.07) is 0. The standard InChI is InChI=1S/C23H46O4/c1-7-11-12-13-14-15-17-22(18-16-19-24-20-21(5)6)23(25-8-2,26-9-3)27-10-4/h20,22H,7-19H2,1-6H3. The Kier molecular flexibility index (Phi) is 17.1. The van der Waals surface area contributed by atoms with Gasteiger partial charge in [-0.3, -0.25) is 0 Å². The van der Waals surface area contributed by atoms with Gasteiger partial charge >= 0.3 is 0 Å². The third kappa shape index (κ3) is 12.5. The maximum atomic E-state index is 6.07. The van der Waals surface area contributed by atoms with E-state index in [0.717, 1.165) is 25.9 Å². The minimum absolute atomic E-state index is 0.221. The van der Waals surface area contributed by atoms with Gasteiger partial charge in [-0.25, -0.2) is 0 Å². The smallest absolute Gasteiger partial charge is 0.285 e. The van der Waals surface area contributed by atoms with Crippen LogP contribution in [0.25, 0.3) is 0 Å². The Bertz CT molecular complexity index is 333. The molecule has 0 spiro atoms. The van der Waals surface area contributed by atoms with Gasteiger partial charge in [-0.1, -0.05) is 45.4 Å². The summed E-state index contributed by atoms with van der Waals surface area (Å²) < 4.78 is 23.8. The Hall–Kier alpha value is -0.580. The molecule has 0 aromatic carbocycles. The molecule has 0 bridgehead atoms. The zero-order valence-corrected chi connectivity index (χ0v) is 19.0. The normalized spacial score (nSPS) is 12.8. The molecule has 0 saturated carbocycles. The molecular weight excluding hydrogens is 340 g/mol. The van der Waals surface area contributed by atoms with Crippen LogP contribution in [0.2, 0.25) is 0 Å². The highest BCUT2D eigenvalue weighted by Gasteiger charge is 2.41. The lowest BCUT2D eigenvalue weighted by Crippen LogP contribution is -2.47. The SMILES string of the molecule is CCCCCCCCC(CCCOC=C(C)C)C(OCC)(OCC)OCC. The molecule has 0 fully saturated rings. The van der Waals surface area contributed by atoms with Crippen LogP contribution < -0.4 is 0 Å². The summed E-state index contributed by atoms with van der Waals surface area (Å²) in [5, 5.41) is 0. The minimum atomic E-state index is -0.918. The highest BCUT2D eigenvalue weighted by molar-refractivity contribution is 4.86. The molecule has 0 radical (unpaired) electrons. The van der Waals surface area contributed by atoms with Gasteiger partial charge in [-0.15, -0.1) is 0 Å². The van der Waals surface area contributed by atoms with E-state index in [0.29, 0.717) is 19.8 Å². The first-order chi connectivity index (χ1) is 13.1. The van der Waals surface area contributed by atoms with Gasteiger partial charge in [-0.05, 0) is 59.5 Å². The third-order valence-corrected chi connectivity index (χ3v) is 4.58. The van der Waals surface area contributed by atoms with Crippen LogP contribution >= 0.6 is 0 Å². The van der Waals surface area contributed by atoms with Gasteiger partial charge in [0.2, 0.25) is 0 Å². The Morgan fingerprint density at radius 2 is 1.26 bits per heavy atom. The van der Waals surface area contributed by atoms with Gasteiger partial charge in [-0.2, -0.15) is 0 Å². The van der Waals surface area contributed by atoms with Crippen molar-refractivity contribution in [3.8, 4) is 0 Å². The fourth-order valence-electron chi connectivity index (χ4n) is 3.39. The van der Waals surface area contributed by atoms with Crippen LogP contribution in [0.4, 0.5) is 0 Å². The molecule has 0 aliphatic rings. The summed E-state index contributed by atoms with van der Waals surface area (Å²) in [7, 11) is 0. The van der Waals surface area contributed by atoms with Crippen molar-refractivity contribution in [1.29, 1.82) is 0 Å². The fourth-order valence-corrected chi connectivity index (χ4v) is 3.39. The van der Waals surface area contributed by atoms with E-state index >= 15 is 0 Å². The third-order valence-electron chi connectivity index (χ3n) is 4.58. The van der Waals surface area contributed by atoms with Gasteiger partial charge in [0.1, 0.15) is 0 Å². The predicted octanol–water partition coefficient (Wildman–Crippen LogP) is 6.84. The first-order valence-electron chi connectivity index (χ1n) is 11.2. The molecule has 0 aliphatic heterocycles. The van der Waals surface area contributed by atoms with Crippen molar-refractivity contribution in [2.24, 2.45) is 5.92 Å². The number of rotatable bonds is 19. The Labute approximate surface area is 169 Å². The van der Waals surface area contributed by atoms with Gasteiger partial charge < -0.3 is 18.9 Å². The van der Waals surface area contributed by atoms with E-state index in [2.05, 4.69) is 6.92 Å². The highest BCUT2D eigenvalue weighted by atomic mass is 16.9. The van der Waals surface area contributed by atoms with Crippen molar-refractivity contribution in [2.75, 3.05) is 26.4 Å². The molecule has 0 amide bonds. The zero-order chi connectivity index (χ0) is 20.4. The van der Waals surface area contributed by atoms with E-state index in [1.54, 1.807) is 0 Å². The Balaban J connectivity index is 4.83. The molecule has 0 aromatic heterocycles. The summed E-state index contributed by atoms with van der Waals surface area (Å²) in [4.78, 5) is 0. The molecule has 0 N–H and O–H groups in total. The average Bonchev–Trinajstić information content (AvgIpc) is 2.62. The quantitative estimate of drug-likeness (QED) is 0.138. The molecule has 0 rings (SSSR count). The number of ether oxygens (including phenoxy) is 4. The molecule has 4 heteroatoms. The summed E-state index contributed by atoms with van der Waals surface area (Å²) in [5.41, 5.74) is 1.19. The number of unbranched alkanes of at least 4 members (excludes halogenated alkanes) is 5. The second-order valence-electron chi connectivity index (χ2n) is 7.36. The van der Waals surface area contributed by atoms with E-state index in [1.807, 2.05) is 40.9 Å². The maximum Gasteiger partial charge on any atom is 0.285 e. The van der Waals surface area contributed by atoms with Crippen LogP contribution in [0.1, 0.15) is 99.3 Å². The highest BCUT2D eigenvalue weighted by Crippen LogP contribution is 2.34. The number of hydrogen-bond acceptors (Lipinski definition) is 4. The topological polar surface area (TPSA) is 36.9 Å². The molecule has 1 unspecified atom stereocenters. The lowest BCUT2D eigenvalue weighted by molar-refractivity contribution is -0.403. The molecule has 0 saturated heterocycles. The Morgan fingerprint density at radius 1 is 0.741 bits per heavy atom.